The molecule has 6 heteroatoms. The van der Waals surface area contributed by atoms with Crippen LogP contribution in [0.4, 0.5) is 5.69 Å². The first kappa shape index (κ1) is 18.1. The van der Waals surface area contributed by atoms with Gasteiger partial charge in [0.2, 0.25) is 0 Å². The molecule has 0 atom stereocenters. The minimum Gasteiger partial charge on any atom is -0.335 e. The fraction of sp³-hybridized carbons (Fsp3) is 0.158. The number of anilines is 1. The molecule has 2 aromatic carbocycles. The van der Waals surface area contributed by atoms with Crippen molar-refractivity contribution in [1.82, 2.24) is 0 Å². The highest BCUT2D eigenvalue weighted by Gasteiger charge is 2.08. The molecule has 2 aromatic rings. The van der Waals surface area contributed by atoms with E-state index in [4.69, 9.17) is 23.2 Å². The van der Waals surface area contributed by atoms with Crippen LogP contribution >= 0.6 is 35.0 Å². The Morgan fingerprint density at radius 2 is 1.84 bits per heavy atom. The van der Waals surface area contributed by atoms with Gasteiger partial charge < -0.3 is 5.32 Å². The number of amidine groups is 1. The molecule has 0 fully saturated rings. The van der Waals surface area contributed by atoms with Crippen molar-refractivity contribution in [3.05, 3.63) is 69.7 Å². The molecule has 3 nitrogen and oxygen atoms in total. The van der Waals surface area contributed by atoms with Crippen LogP contribution < -0.4 is 5.32 Å². The predicted molar refractivity (Wildman–Crippen MR) is 109 cm³/mol. The van der Waals surface area contributed by atoms with Gasteiger partial charge in [-0.15, -0.1) is 0 Å². The summed E-state index contributed by atoms with van der Waals surface area (Å²) < 4.78 is 0. The Morgan fingerprint density at radius 3 is 2.48 bits per heavy atom. The predicted octanol–water partition coefficient (Wildman–Crippen LogP) is 5.79. The molecule has 0 radical (unpaired) electrons. The first-order chi connectivity index (χ1) is 12.1. The third-order valence-corrected chi connectivity index (χ3v) is 5.27. The normalized spacial score (nSPS) is 14.4. The largest absolute Gasteiger partial charge is 0.335 e. The smallest absolute Gasteiger partial charge is 0.185 e. The van der Waals surface area contributed by atoms with Gasteiger partial charge in [0.15, 0.2) is 11.0 Å². The number of rotatable bonds is 4. The topological polar surface area (TPSA) is 41.5 Å². The molecule has 128 valence electrons. The fourth-order valence-electron chi connectivity index (χ4n) is 2.30. The summed E-state index contributed by atoms with van der Waals surface area (Å²) in [5.41, 5.74) is 2.16. The lowest BCUT2D eigenvalue weighted by atomic mass is 10.1. The van der Waals surface area contributed by atoms with Gasteiger partial charge in [0.25, 0.3) is 0 Å². The van der Waals surface area contributed by atoms with E-state index in [1.807, 2.05) is 12.1 Å². The monoisotopic (exact) mass is 390 g/mol. The zero-order valence-corrected chi connectivity index (χ0v) is 15.7. The molecule has 0 spiro atoms. The standard InChI is InChI=1S/C19H16Cl2N2OS/c20-16-3-1-4-17(21)15(16)9-10-18(24)13-5-7-14(8-6-13)23-19-22-11-2-12-25-19/h1,3-10H,2,11-12H2,(H,22,23)/b10-9+. The summed E-state index contributed by atoms with van der Waals surface area (Å²) in [5, 5.41) is 5.23. The van der Waals surface area contributed by atoms with Crippen LogP contribution in [0.3, 0.4) is 0 Å². The highest BCUT2D eigenvalue weighted by molar-refractivity contribution is 8.14. The number of hydrogen-bond donors (Lipinski definition) is 1. The van der Waals surface area contributed by atoms with E-state index in [-0.39, 0.29) is 5.78 Å². The molecule has 0 amide bonds. The summed E-state index contributed by atoms with van der Waals surface area (Å²) in [6.07, 6.45) is 4.24. The van der Waals surface area contributed by atoms with Crippen molar-refractivity contribution >= 4 is 57.7 Å². The second kappa shape index (κ2) is 8.56. The molecule has 1 N–H and O–H groups in total. The first-order valence-corrected chi connectivity index (χ1v) is 9.58. The van der Waals surface area contributed by atoms with Crippen LogP contribution in [0.25, 0.3) is 6.08 Å². The number of hydrogen-bond acceptors (Lipinski definition) is 4. The fourth-order valence-corrected chi connectivity index (χ4v) is 3.66. The van der Waals surface area contributed by atoms with Crippen LogP contribution in [0.1, 0.15) is 22.3 Å². The average Bonchev–Trinajstić information content (AvgIpc) is 2.62. The number of nitrogens with one attached hydrogen (secondary N) is 1. The first-order valence-electron chi connectivity index (χ1n) is 7.84. The SMILES string of the molecule is O=C(/C=C/c1c(Cl)cccc1Cl)c1ccc(NC2=NCCCS2)cc1. The second-order valence-corrected chi connectivity index (χ2v) is 7.32. The highest BCUT2D eigenvalue weighted by atomic mass is 35.5. The quantitative estimate of drug-likeness (QED) is 0.530. The van der Waals surface area contributed by atoms with Crippen molar-refractivity contribution in [3.8, 4) is 0 Å². The molecular formula is C19H16Cl2N2OS. The molecule has 1 heterocycles. The molecule has 3 rings (SSSR count). The van der Waals surface area contributed by atoms with E-state index in [2.05, 4.69) is 10.3 Å². The number of nitrogens with zero attached hydrogens (tertiary/aromatic N) is 1. The minimum atomic E-state index is -0.105. The van der Waals surface area contributed by atoms with Crippen molar-refractivity contribution < 1.29 is 4.79 Å². The molecule has 25 heavy (non-hydrogen) atoms. The zero-order valence-electron chi connectivity index (χ0n) is 13.3. The van der Waals surface area contributed by atoms with Crippen molar-refractivity contribution in [2.24, 2.45) is 4.99 Å². The van der Waals surface area contributed by atoms with Crippen molar-refractivity contribution in [2.45, 2.75) is 6.42 Å². The van der Waals surface area contributed by atoms with Crippen LogP contribution in [-0.2, 0) is 0 Å². The Balaban J connectivity index is 1.68. The Morgan fingerprint density at radius 1 is 1.12 bits per heavy atom. The second-order valence-electron chi connectivity index (χ2n) is 5.42. The third-order valence-electron chi connectivity index (χ3n) is 3.62. The number of halogens is 2. The van der Waals surface area contributed by atoms with E-state index >= 15 is 0 Å². The summed E-state index contributed by atoms with van der Waals surface area (Å²) >= 11 is 13.9. The van der Waals surface area contributed by atoms with Gasteiger partial charge in [0, 0.05) is 39.2 Å². The molecule has 1 aliphatic rings. The summed E-state index contributed by atoms with van der Waals surface area (Å²) in [4.78, 5) is 16.7. The Hall–Kier alpha value is -1.75. The van der Waals surface area contributed by atoms with Crippen molar-refractivity contribution in [2.75, 3.05) is 17.6 Å². The van der Waals surface area contributed by atoms with Crippen LogP contribution in [0.2, 0.25) is 10.0 Å². The highest BCUT2D eigenvalue weighted by Crippen LogP contribution is 2.25. The lowest BCUT2D eigenvalue weighted by Gasteiger charge is -2.13. The van der Waals surface area contributed by atoms with Crippen LogP contribution in [0.15, 0.2) is 53.5 Å². The van der Waals surface area contributed by atoms with E-state index in [0.29, 0.717) is 21.2 Å². The Bertz CT molecular complexity index is 812. The van der Waals surface area contributed by atoms with Gasteiger partial charge in [-0.1, -0.05) is 41.0 Å². The third kappa shape index (κ3) is 4.88. The summed E-state index contributed by atoms with van der Waals surface area (Å²) in [5.74, 6) is 0.976. The Labute approximate surface area is 161 Å². The van der Waals surface area contributed by atoms with Crippen LogP contribution in [-0.4, -0.2) is 23.2 Å². The van der Waals surface area contributed by atoms with Gasteiger partial charge in [0.1, 0.15) is 0 Å². The molecule has 0 aromatic heterocycles. The molecule has 0 saturated carbocycles. The number of thioether (sulfide) groups is 1. The average molecular weight is 391 g/mol. The van der Waals surface area contributed by atoms with E-state index in [1.165, 1.54) is 6.08 Å². The van der Waals surface area contributed by atoms with E-state index in [9.17, 15) is 4.79 Å². The number of carbonyl (C=O) groups is 1. The van der Waals surface area contributed by atoms with Gasteiger partial charge in [-0.3, -0.25) is 9.79 Å². The van der Waals surface area contributed by atoms with Gasteiger partial charge in [-0.25, -0.2) is 0 Å². The van der Waals surface area contributed by atoms with Gasteiger partial charge >= 0.3 is 0 Å². The lowest BCUT2D eigenvalue weighted by Crippen LogP contribution is -2.13. The number of carbonyl (C=O) groups excluding carboxylic acids is 1. The maximum Gasteiger partial charge on any atom is 0.185 e. The van der Waals surface area contributed by atoms with Crippen molar-refractivity contribution in [3.63, 3.8) is 0 Å². The maximum absolute atomic E-state index is 12.3. The van der Waals surface area contributed by atoms with Crippen LogP contribution in [0.5, 0.6) is 0 Å². The van der Waals surface area contributed by atoms with E-state index in [1.54, 1.807) is 48.2 Å². The molecule has 0 unspecified atom stereocenters. The number of benzene rings is 2. The van der Waals surface area contributed by atoms with Crippen LogP contribution in [0, 0.1) is 0 Å². The minimum absolute atomic E-state index is 0.105. The summed E-state index contributed by atoms with van der Waals surface area (Å²) in [6.45, 7) is 0.862. The molecule has 0 bridgehead atoms. The van der Waals surface area contributed by atoms with Crippen molar-refractivity contribution in [1.29, 1.82) is 0 Å². The maximum atomic E-state index is 12.3. The summed E-state index contributed by atoms with van der Waals surface area (Å²) in [7, 11) is 0. The molecule has 0 aliphatic carbocycles. The number of ketones is 1. The van der Waals surface area contributed by atoms with E-state index in [0.717, 1.165) is 29.6 Å². The summed E-state index contributed by atoms with van der Waals surface area (Å²) in [6, 6.07) is 12.6. The van der Waals surface area contributed by atoms with Gasteiger partial charge in [-0.05, 0) is 55.0 Å². The number of allylic oxidation sites excluding steroid dienone is 1. The van der Waals surface area contributed by atoms with E-state index < -0.39 is 0 Å². The molecule has 1 aliphatic heterocycles. The van der Waals surface area contributed by atoms with Gasteiger partial charge in [-0.2, -0.15) is 0 Å². The molecule has 0 saturated heterocycles. The number of aliphatic imine (C=N–C) groups is 1. The lowest BCUT2D eigenvalue weighted by molar-refractivity contribution is 0.104. The zero-order chi connectivity index (χ0) is 17.6. The van der Waals surface area contributed by atoms with Gasteiger partial charge in [0.05, 0.1) is 0 Å². The Kier molecular flexibility index (Phi) is 6.19. The molecular weight excluding hydrogens is 375 g/mol.